The number of rotatable bonds is 5. The van der Waals surface area contributed by atoms with Crippen LogP contribution < -0.4 is 10.0 Å². The molecule has 1 aliphatic rings. The van der Waals surface area contributed by atoms with Crippen LogP contribution in [0.3, 0.4) is 0 Å². The first-order valence-electron chi connectivity index (χ1n) is 6.69. The highest BCUT2D eigenvalue weighted by molar-refractivity contribution is 7.89. The van der Waals surface area contributed by atoms with Crippen LogP contribution in [-0.2, 0) is 17.1 Å². The van der Waals surface area contributed by atoms with Crippen molar-refractivity contribution in [2.24, 2.45) is 13.0 Å². The molecule has 0 radical (unpaired) electrons. The predicted molar refractivity (Wildman–Crippen MR) is 73.3 cm³/mol. The van der Waals surface area contributed by atoms with Crippen LogP contribution >= 0.6 is 0 Å². The zero-order chi connectivity index (χ0) is 13.9. The second kappa shape index (κ2) is 6.02. The third-order valence-corrected chi connectivity index (χ3v) is 5.29. The van der Waals surface area contributed by atoms with Gasteiger partial charge in [-0.05, 0) is 45.2 Å². The standard InChI is InChI=1S/C12H22N4O2S/c1-10-12(9-14-16(10)2)19(17,18)15-7-5-11-4-3-6-13-8-11/h9,11,13,15H,3-8H2,1-2H3. The SMILES string of the molecule is Cc1c(S(=O)(=O)NCCC2CCCNC2)cnn1C. The van der Waals surface area contributed by atoms with Gasteiger partial charge < -0.3 is 5.32 Å². The van der Waals surface area contributed by atoms with E-state index < -0.39 is 10.0 Å². The number of hydrogen-bond donors (Lipinski definition) is 2. The number of nitrogens with zero attached hydrogens (tertiary/aromatic N) is 2. The summed E-state index contributed by atoms with van der Waals surface area (Å²) in [6.07, 6.45) is 4.64. The molecule has 2 rings (SSSR count). The molecule has 0 spiro atoms. The molecule has 0 bridgehead atoms. The van der Waals surface area contributed by atoms with Crippen molar-refractivity contribution in [3.05, 3.63) is 11.9 Å². The fourth-order valence-corrected chi connectivity index (χ4v) is 3.64. The summed E-state index contributed by atoms with van der Waals surface area (Å²) < 4.78 is 28.5. The van der Waals surface area contributed by atoms with E-state index >= 15 is 0 Å². The van der Waals surface area contributed by atoms with Crippen molar-refractivity contribution < 1.29 is 8.42 Å². The van der Waals surface area contributed by atoms with Gasteiger partial charge in [0.25, 0.3) is 0 Å². The molecule has 1 unspecified atom stereocenters. The number of hydrogen-bond acceptors (Lipinski definition) is 4. The summed E-state index contributed by atoms with van der Waals surface area (Å²) in [6.45, 7) is 4.32. The minimum absolute atomic E-state index is 0.275. The van der Waals surface area contributed by atoms with Gasteiger partial charge in [-0.3, -0.25) is 4.68 Å². The van der Waals surface area contributed by atoms with Crippen LogP contribution in [0.15, 0.2) is 11.1 Å². The first-order chi connectivity index (χ1) is 9.00. The summed E-state index contributed by atoms with van der Waals surface area (Å²) in [6, 6.07) is 0. The van der Waals surface area contributed by atoms with Gasteiger partial charge in [0, 0.05) is 13.6 Å². The predicted octanol–water partition coefficient (Wildman–Crippen LogP) is 0.397. The molecular formula is C12H22N4O2S. The average Bonchev–Trinajstić information content (AvgIpc) is 2.72. The molecule has 0 aromatic carbocycles. The Kier molecular flexibility index (Phi) is 4.59. The van der Waals surface area contributed by atoms with Gasteiger partial charge in [0.2, 0.25) is 10.0 Å². The van der Waals surface area contributed by atoms with E-state index in [-0.39, 0.29) is 4.90 Å². The van der Waals surface area contributed by atoms with Crippen molar-refractivity contribution in [1.82, 2.24) is 19.8 Å². The molecule has 0 aliphatic carbocycles. The van der Waals surface area contributed by atoms with E-state index in [2.05, 4.69) is 15.1 Å². The molecule has 0 saturated carbocycles. The highest BCUT2D eigenvalue weighted by Gasteiger charge is 2.20. The van der Waals surface area contributed by atoms with Crippen molar-refractivity contribution in [3.8, 4) is 0 Å². The lowest BCUT2D eigenvalue weighted by atomic mass is 9.96. The lowest BCUT2D eigenvalue weighted by molar-refractivity contribution is 0.358. The molecule has 1 aliphatic heterocycles. The number of aryl methyl sites for hydroxylation is 1. The Morgan fingerprint density at radius 1 is 1.58 bits per heavy atom. The Bertz CT molecular complexity index is 518. The smallest absolute Gasteiger partial charge is 0.243 e. The van der Waals surface area contributed by atoms with E-state index in [0.717, 1.165) is 19.5 Å². The van der Waals surface area contributed by atoms with E-state index in [1.807, 2.05) is 0 Å². The van der Waals surface area contributed by atoms with Crippen molar-refractivity contribution in [3.63, 3.8) is 0 Å². The maximum absolute atomic E-state index is 12.1. The number of aromatic nitrogens is 2. The third-order valence-electron chi connectivity index (χ3n) is 3.72. The lowest BCUT2D eigenvalue weighted by Gasteiger charge is -2.22. The number of sulfonamides is 1. The Morgan fingerprint density at radius 3 is 2.95 bits per heavy atom. The van der Waals surface area contributed by atoms with Crippen molar-refractivity contribution in [2.45, 2.75) is 31.1 Å². The van der Waals surface area contributed by atoms with Crippen molar-refractivity contribution in [2.75, 3.05) is 19.6 Å². The van der Waals surface area contributed by atoms with E-state index in [1.165, 1.54) is 19.0 Å². The summed E-state index contributed by atoms with van der Waals surface area (Å²) in [4.78, 5) is 0.275. The molecule has 6 nitrogen and oxygen atoms in total. The largest absolute Gasteiger partial charge is 0.316 e. The summed E-state index contributed by atoms with van der Waals surface area (Å²) >= 11 is 0. The Labute approximate surface area is 114 Å². The Morgan fingerprint density at radius 2 is 2.37 bits per heavy atom. The average molecular weight is 286 g/mol. The molecule has 0 amide bonds. The molecule has 2 N–H and O–H groups in total. The number of nitrogens with one attached hydrogen (secondary N) is 2. The fourth-order valence-electron chi connectivity index (χ4n) is 2.39. The van der Waals surface area contributed by atoms with Gasteiger partial charge in [-0.25, -0.2) is 13.1 Å². The normalized spacial score (nSPS) is 20.6. The highest BCUT2D eigenvalue weighted by Crippen LogP contribution is 2.15. The van der Waals surface area contributed by atoms with Crippen LogP contribution in [0.4, 0.5) is 0 Å². The molecule has 1 aromatic rings. The molecule has 2 heterocycles. The zero-order valence-corrected chi connectivity index (χ0v) is 12.3. The van der Waals surface area contributed by atoms with E-state index in [9.17, 15) is 8.42 Å². The van der Waals surface area contributed by atoms with Gasteiger partial charge in [-0.15, -0.1) is 0 Å². The molecule has 1 atom stereocenters. The molecular weight excluding hydrogens is 264 g/mol. The molecule has 19 heavy (non-hydrogen) atoms. The fraction of sp³-hybridized carbons (Fsp3) is 0.750. The monoisotopic (exact) mass is 286 g/mol. The summed E-state index contributed by atoms with van der Waals surface area (Å²) in [7, 11) is -1.69. The summed E-state index contributed by atoms with van der Waals surface area (Å²) in [5.74, 6) is 0.575. The van der Waals surface area contributed by atoms with Crippen molar-refractivity contribution in [1.29, 1.82) is 0 Å². The van der Waals surface area contributed by atoms with Gasteiger partial charge in [-0.1, -0.05) is 0 Å². The van der Waals surface area contributed by atoms with E-state index in [4.69, 9.17) is 0 Å². The number of piperidine rings is 1. The maximum atomic E-state index is 12.1. The second-order valence-corrected chi connectivity index (χ2v) is 6.85. The molecule has 1 saturated heterocycles. The topological polar surface area (TPSA) is 76.0 Å². The van der Waals surface area contributed by atoms with Crippen LogP contribution in [0.25, 0.3) is 0 Å². The first-order valence-corrected chi connectivity index (χ1v) is 8.18. The van der Waals surface area contributed by atoms with Gasteiger partial charge >= 0.3 is 0 Å². The zero-order valence-electron chi connectivity index (χ0n) is 11.5. The molecule has 7 heteroatoms. The van der Waals surface area contributed by atoms with E-state index in [0.29, 0.717) is 18.2 Å². The quantitative estimate of drug-likeness (QED) is 0.821. The highest BCUT2D eigenvalue weighted by atomic mass is 32.2. The van der Waals surface area contributed by atoms with Crippen LogP contribution in [-0.4, -0.2) is 37.8 Å². The maximum Gasteiger partial charge on any atom is 0.243 e. The van der Waals surface area contributed by atoms with Gasteiger partial charge in [-0.2, -0.15) is 5.10 Å². The van der Waals surface area contributed by atoms with Gasteiger partial charge in [0.15, 0.2) is 0 Å². The van der Waals surface area contributed by atoms with Crippen LogP contribution in [0, 0.1) is 12.8 Å². The first kappa shape index (κ1) is 14.5. The lowest BCUT2D eigenvalue weighted by Crippen LogP contribution is -2.33. The van der Waals surface area contributed by atoms with Crippen LogP contribution in [0.5, 0.6) is 0 Å². The van der Waals surface area contributed by atoms with E-state index in [1.54, 1.807) is 18.7 Å². The molecule has 1 fully saturated rings. The third kappa shape index (κ3) is 3.55. The molecule has 1 aromatic heterocycles. The Hall–Kier alpha value is -0.920. The molecule has 108 valence electrons. The van der Waals surface area contributed by atoms with Crippen molar-refractivity contribution >= 4 is 10.0 Å². The minimum Gasteiger partial charge on any atom is -0.316 e. The Balaban J connectivity index is 1.89. The van der Waals surface area contributed by atoms with Crippen LogP contribution in [0.1, 0.15) is 25.0 Å². The van der Waals surface area contributed by atoms with Gasteiger partial charge in [0.05, 0.1) is 11.9 Å². The summed E-state index contributed by atoms with van der Waals surface area (Å²) in [5.41, 5.74) is 0.659. The van der Waals surface area contributed by atoms with Gasteiger partial charge in [0.1, 0.15) is 4.90 Å². The second-order valence-electron chi connectivity index (χ2n) is 5.12. The summed E-state index contributed by atoms with van der Waals surface area (Å²) in [5, 5.41) is 7.30. The minimum atomic E-state index is -3.42. The van der Waals surface area contributed by atoms with Crippen LogP contribution in [0.2, 0.25) is 0 Å².